The summed E-state index contributed by atoms with van der Waals surface area (Å²) in [5.74, 6) is 0. The summed E-state index contributed by atoms with van der Waals surface area (Å²) < 4.78 is 2.55. The second kappa shape index (κ2) is 3.18. The van der Waals surface area contributed by atoms with Gasteiger partial charge in [0.25, 0.3) is 0 Å². The summed E-state index contributed by atoms with van der Waals surface area (Å²) >= 11 is 2.50. The molecule has 2 nitrogen and oxygen atoms in total. The number of likely N-dealkylation sites (N-methyl/N-ethyl adjacent to an activating group) is 1. The lowest BCUT2D eigenvalue weighted by atomic mass is 10.2. The molecule has 2 atom stereocenters. The van der Waals surface area contributed by atoms with Crippen molar-refractivity contribution in [3.63, 3.8) is 0 Å². The van der Waals surface area contributed by atoms with E-state index in [-0.39, 0.29) is 0 Å². The summed E-state index contributed by atoms with van der Waals surface area (Å²) in [5.41, 5.74) is 0. The average Bonchev–Trinajstić information content (AvgIpc) is 2.26. The Morgan fingerprint density at radius 3 is 2.27 bits per heavy atom. The number of halogens is 1. The van der Waals surface area contributed by atoms with Crippen LogP contribution in [0, 0.1) is 0 Å². The van der Waals surface area contributed by atoms with Gasteiger partial charge in [0.2, 0.25) is 0 Å². The third kappa shape index (κ3) is 1.42. The van der Waals surface area contributed by atoms with Crippen LogP contribution in [-0.2, 0) is 0 Å². The molecule has 2 saturated heterocycles. The molecule has 0 aromatic carbocycles. The van der Waals surface area contributed by atoms with E-state index in [9.17, 15) is 0 Å². The zero-order valence-corrected chi connectivity index (χ0v) is 9.12. The molecule has 3 heteroatoms. The summed E-state index contributed by atoms with van der Waals surface area (Å²) in [6, 6.07) is 1.71. The number of likely N-dealkylation sites (tertiary alicyclic amines) is 1. The molecule has 0 spiro atoms. The smallest absolute Gasteiger partial charge is 0.0325 e. The van der Waals surface area contributed by atoms with Crippen molar-refractivity contribution >= 4 is 22.9 Å². The topological polar surface area (TPSA) is 6.48 Å². The summed E-state index contributed by atoms with van der Waals surface area (Å²) in [6.07, 6.45) is 2.84. The standard InChI is InChI=1S/C8H15IN2/c1-2-10-5-7-3-4-8(6-10)11(7)9/h7-8H,2-6H2,1H3. The minimum atomic E-state index is 0.856. The van der Waals surface area contributed by atoms with Gasteiger partial charge in [0, 0.05) is 48.0 Å². The molecule has 2 unspecified atom stereocenters. The molecule has 0 radical (unpaired) electrons. The van der Waals surface area contributed by atoms with Crippen LogP contribution in [0.5, 0.6) is 0 Å². The number of rotatable bonds is 1. The van der Waals surface area contributed by atoms with Gasteiger partial charge in [-0.3, -0.25) is 0 Å². The number of hydrogen-bond acceptors (Lipinski definition) is 2. The van der Waals surface area contributed by atoms with Gasteiger partial charge in [0.05, 0.1) is 0 Å². The molecule has 0 saturated carbocycles. The third-order valence-corrected chi connectivity index (χ3v) is 4.49. The fourth-order valence-corrected chi connectivity index (χ4v) is 3.11. The van der Waals surface area contributed by atoms with Crippen LogP contribution in [0.4, 0.5) is 0 Å². The number of fused-ring (bicyclic) bond motifs is 2. The Hall–Kier alpha value is 0.650. The van der Waals surface area contributed by atoms with Crippen molar-refractivity contribution < 1.29 is 0 Å². The molecule has 2 aliphatic heterocycles. The van der Waals surface area contributed by atoms with E-state index < -0.39 is 0 Å². The molecule has 64 valence electrons. The van der Waals surface area contributed by atoms with Crippen LogP contribution in [0.25, 0.3) is 0 Å². The molecule has 0 N–H and O–H groups in total. The highest BCUT2D eigenvalue weighted by Crippen LogP contribution is 2.32. The quantitative estimate of drug-likeness (QED) is 0.524. The van der Waals surface area contributed by atoms with Gasteiger partial charge >= 0.3 is 0 Å². The van der Waals surface area contributed by atoms with Crippen molar-refractivity contribution in [3.8, 4) is 0 Å². The van der Waals surface area contributed by atoms with E-state index in [0.29, 0.717) is 0 Å². The molecule has 0 aliphatic carbocycles. The van der Waals surface area contributed by atoms with Gasteiger partial charge in [0.15, 0.2) is 0 Å². The maximum atomic E-state index is 2.58. The molecule has 2 heterocycles. The normalized spacial score (nSPS) is 39.8. The first kappa shape index (κ1) is 8.26. The fourth-order valence-electron chi connectivity index (χ4n) is 2.20. The predicted molar refractivity (Wildman–Crippen MR) is 54.8 cm³/mol. The van der Waals surface area contributed by atoms with Gasteiger partial charge in [-0.05, 0) is 19.4 Å². The van der Waals surface area contributed by atoms with Gasteiger partial charge in [0.1, 0.15) is 0 Å². The summed E-state index contributed by atoms with van der Waals surface area (Å²) in [4.78, 5) is 2.58. The van der Waals surface area contributed by atoms with E-state index in [1.165, 1.54) is 32.5 Å². The molecule has 2 aliphatic rings. The Bertz CT molecular complexity index is 137. The second-order valence-corrected chi connectivity index (χ2v) is 4.70. The van der Waals surface area contributed by atoms with Crippen LogP contribution in [0.1, 0.15) is 19.8 Å². The summed E-state index contributed by atoms with van der Waals surface area (Å²) in [7, 11) is 0. The first-order valence-corrected chi connectivity index (χ1v) is 5.44. The molecule has 11 heavy (non-hydrogen) atoms. The zero-order chi connectivity index (χ0) is 7.84. The van der Waals surface area contributed by atoms with Crippen LogP contribution < -0.4 is 0 Å². The van der Waals surface area contributed by atoms with E-state index >= 15 is 0 Å². The molecule has 2 fully saturated rings. The molecule has 0 amide bonds. The lowest BCUT2D eigenvalue weighted by Crippen LogP contribution is -2.49. The molecule has 2 rings (SSSR count). The molecule has 0 aromatic rings. The number of hydrogen-bond donors (Lipinski definition) is 0. The minimum absolute atomic E-state index is 0.856. The van der Waals surface area contributed by atoms with Crippen molar-refractivity contribution in [1.29, 1.82) is 0 Å². The van der Waals surface area contributed by atoms with Crippen molar-refractivity contribution in [2.24, 2.45) is 0 Å². The SMILES string of the molecule is CCN1CC2CCC(C1)N2I. The Morgan fingerprint density at radius 1 is 1.27 bits per heavy atom. The minimum Gasteiger partial charge on any atom is -0.300 e. The van der Waals surface area contributed by atoms with E-state index in [2.05, 4.69) is 37.8 Å². The third-order valence-electron chi connectivity index (χ3n) is 2.92. The zero-order valence-electron chi connectivity index (χ0n) is 6.96. The van der Waals surface area contributed by atoms with Crippen molar-refractivity contribution in [1.82, 2.24) is 8.01 Å². The van der Waals surface area contributed by atoms with Gasteiger partial charge in [-0.1, -0.05) is 6.92 Å². The second-order valence-electron chi connectivity index (χ2n) is 3.58. The lowest BCUT2D eigenvalue weighted by molar-refractivity contribution is 0.156. The van der Waals surface area contributed by atoms with Crippen LogP contribution in [0.3, 0.4) is 0 Å². The van der Waals surface area contributed by atoms with E-state index in [1.807, 2.05) is 0 Å². The van der Waals surface area contributed by atoms with Crippen molar-refractivity contribution in [3.05, 3.63) is 0 Å². The number of piperazine rings is 1. The monoisotopic (exact) mass is 266 g/mol. The van der Waals surface area contributed by atoms with Gasteiger partial charge < -0.3 is 4.90 Å². The Morgan fingerprint density at radius 2 is 1.82 bits per heavy atom. The highest BCUT2D eigenvalue weighted by Gasteiger charge is 2.37. The first-order chi connectivity index (χ1) is 5.31. The maximum Gasteiger partial charge on any atom is 0.0325 e. The Labute approximate surface area is 82.4 Å². The highest BCUT2D eigenvalue weighted by molar-refractivity contribution is 14.1. The molecular weight excluding hydrogens is 251 g/mol. The molecular formula is C8H15IN2. The van der Waals surface area contributed by atoms with Gasteiger partial charge in [-0.25, -0.2) is 3.11 Å². The molecule has 0 aromatic heterocycles. The van der Waals surface area contributed by atoms with E-state index in [0.717, 1.165) is 12.1 Å². The maximum absolute atomic E-state index is 2.58. The van der Waals surface area contributed by atoms with Gasteiger partial charge in [-0.2, -0.15) is 0 Å². The fraction of sp³-hybridized carbons (Fsp3) is 1.00. The largest absolute Gasteiger partial charge is 0.300 e. The first-order valence-electron chi connectivity index (χ1n) is 4.47. The summed E-state index contributed by atoms with van der Waals surface area (Å²) in [5, 5.41) is 0. The highest BCUT2D eigenvalue weighted by atomic mass is 127. The van der Waals surface area contributed by atoms with E-state index in [4.69, 9.17) is 0 Å². The summed E-state index contributed by atoms with van der Waals surface area (Å²) in [6.45, 7) is 6.10. The van der Waals surface area contributed by atoms with E-state index in [1.54, 1.807) is 0 Å². The van der Waals surface area contributed by atoms with Crippen LogP contribution in [-0.4, -0.2) is 39.7 Å². The van der Waals surface area contributed by atoms with Crippen LogP contribution >= 0.6 is 22.9 Å². The molecule has 2 bridgehead atoms. The Balaban J connectivity index is 2.02. The van der Waals surface area contributed by atoms with Crippen LogP contribution in [0.2, 0.25) is 0 Å². The van der Waals surface area contributed by atoms with Crippen molar-refractivity contribution in [2.75, 3.05) is 19.6 Å². The van der Waals surface area contributed by atoms with Crippen LogP contribution in [0.15, 0.2) is 0 Å². The average molecular weight is 266 g/mol. The Kier molecular flexibility index (Phi) is 2.39. The van der Waals surface area contributed by atoms with Crippen molar-refractivity contribution in [2.45, 2.75) is 31.8 Å². The lowest BCUT2D eigenvalue weighted by Gasteiger charge is -2.36. The predicted octanol–water partition coefficient (Wildman–Crippen LogP) is 1.50. The van der Waals surface area contributed by atoms with Gasteiger partial charge in [-0.15, -0.1) is 0 Å². The number of nitrogens with zero attached hydrogens (tertiary/aromatic N) is 2.